The fraction of sp³-hybridized carbons (Fsp3) is 0.400. The second-order valence-corrected chi connectivity index (χ2v) is 5.98. The van der Waals surface area contributed by atoms with Crippen molar-refractivity contribution in [3.63, 3.8) is 0 Å². The molecule has 8 heteroatoms. The molecule has 0 unspecified atom stereocenters. The van der Waals surface area contributed by atoms with Gasteiger partial charge in [-0.15, -0.1) is 0 Å². The number of sulfonamides is 1. The van der Waals surface area contributed by atoms with Crippen molar-refractivity contribution in [2.45, 2.75) is 4.90 Å². The number of hydrogen-bond donors (Lipinski definition) is 1. The summed E-state index contributed by atoms with van der Waals surface area (Å²) >= 11 is 0. The topological polar surface area (TPSA) is 90.6 Å². The number of nitrogens with zero attached hydrogens (tertiary/aromatic N) is 2. The lowest BCUT2D eigenvalue weighted by Gasteiger charge is -2.31. The smallest absolute Gasteiger partial charge is 0.247 e. The first-order valence-corrected chi connectivity index (χ1v) is 6.78. The number of hydrogen-bond acceptors (Lipinski definition) is 4. The number of amides is 1. The molecule has 98 valence electrons. The van der Waals surface area contributed by atoms with Crippen LogP contribution in [0.3, 0.4) is 0 Å². The molecule has 0 spiro atoms. The van der Waals surface area contributed by atoms with Crippen LogP contribution >= 0.6 is 0 Å². The van der Waals surface area contributed by atoms with E-state index in [9.17, 15) is 18.0 Å². The molecule has 1 N–H and O–H groups in total. The molecule has 0 atom stereocenters. The summed E-state index contributed by atoms with van der Waals surface area (Å²) in [5, 5.41) is 0. The van der Waals surface area contributed by atoms with Crippen LogP contribution in [0, 0.1) is 0 Å². The van der Waals surface area contributed by atoms with Crippen LogP contribution in [0.4, 0.5) is 0 Å². The first kappa shape index (κ1) is 12.8. The molecule has 1 aromatic rings. The van der Waals surface area contributed by atoms with E-state index in [4.69, 9.17) is 0 Å². The summed E-state index contributed by atoms with van der Waals surface area (Å²) in [6.07, 6.45) is 1.14. The third kappa shape index (κ3) is 2.29. The van der Waals surface area contributed by atoms with Gasteiger partial charge in [0.25, 0.3) is 0 Å². The average molecular weight is 271 g/mol. The number of pyridine rings is 1. The van der Waals surface area contributed by atoms with E-state index in [1.165, 1.54) is 11.0 Å². The van der Waals surface area contributed by atoms with Crippen LogP contribution in [0.5, 0.6) is 0 Å². The van der Waals surface area contributed by atoms with E-state index in [0.717, 1.165) is 16.6 Å². The number of H-pyrrole nitrogens is 1. The van der Waals surface area contributed by atoms with Gasteiger partial charge in [-0.25, -0.2) is 8.42 Å². The van der Waals surface area contributed by atoms with Crippen LogP contribution in [-0.4, -0.2) is 55.2 Å². The summed E-state index contributed by atoms with van der Waals surface area (Å²) in [7, 11) is -2.09. The first-order valence-electron chi connectivity index (χ1n) is 5.34. The molecule has 2 rings (SSSR count). The van der Waals surface area contributed by atoms with Gasteiger partial charge < -0.3 is 9.88 Å². The minimum Gasteiger partial charge on any atom is -0.343 e. The van der Waals surface area contributed by atoms with Gasteiger partial charge in [0, 0.05) is 32.4 Å². The molecular formula is C10H13N3O4S. The van der Waals surface area contributed by atoms with Gasteiger partial charge in [0.15, 0.2) is 0 Å². The molecule has 0 aromatic carbocycles. The largest absolute Gasteiger partial charge is 0.343 e. The zero-order chi connectivity index (χ0) is 13.3. The summed E-state index contributed by atoms with van der Waals surface area (Å²) in [6.45, 7) is 0.447. The maximum atomic E-state index is 12.2. The van der Waals surface area contributed by atoms with E-state index in [1.807, 2.05) is 0 Å². The zero-order valence-electron chi connectivity index (χ0n) is 9.79. The standard InChI is InChI=1S/C10H13N3O4S/c1-12-4-5-13(7-10(12)15)18(16,17)8-2-3-9(14)11-6-8/h2-3,6H,4-5,7H2,1H3,(H,11,14). The molecule has 1 fully saturated rings. The van der Waals surface area contributed by atoms with Crippen LogP contribution < -0.4 is 5.56 Å². The van der Waals surface area contributed by atoms with Crippen LogP contribution in [0.2, 0.25) is 0 Å². The SMILES string of the molecule is CN1CCN(S(=O)(=O)c2ccc(=O)[nH]c2)CC1=O. The van der Waals surface area contributed by atoms with Gasteiger partial charge in [-0.05, 0) is 6.07 Å². The number of carbonyl (C=O) groups is 1. The maximum Gasteiger partial charge on any atom is 0.247 e. The predicted molar refractivity (Wildman–Crippen MR) is 63.5 cm³/mol. The summed E-state index contributed by atoms with van der Waals surface area (Å²) in [6, 6.07) is 2.38. The minimum atomic E-state index is -3.72. The van der Waals surface area contributed by atoms with Crippen molar-refractivity contribution in [2.75, 3.05) is 26.7 Å². The summed E-state index contributed by atoms with van der Waals surface area (Å²) in [5.41, 5.74) is -0.372. The summed E-state index contributed by atoms with van der Waals surface area (Å²) in [5.74, 6) is -0.241. The Kier molecular flexibility index (Phi) is 3.22. The molecule has 2 heterocycles. The van der Waals surface area contributed by atoms with Gasteiger partial charge in [-0.2, -0.15) is 4.31 Å². The van der Waals surface area contributed by atoms with Gasteiger partial charge >= 0.3 is 0 Å². The Morgan fingerprint density at radius 2 is 1.94 bits per heavy atom. The highest BCUT2D eigenvalue weighted by molar-refractivity contribution is 7.89. The highest BCUT2D eigenvalue weighted by Gasteiger charge is 2.31. The maximum absolute atomic E-state index is 12.2. The Hall–Kier alpha value is -1.67. The Bertz CT molecular complexity index is 602. The van der Waals surface area contributed by atoms with E-state index >= 15 is 0 Å². The van der Waals surface area contributed by atoms with Gasteiger partial charge in [0.05, 0.1) is 11.4 Å². The molecule has 1 saturated heterocycles. The monoisotopic (exact) mass is 271 g/mol. The van der Waals surface area contributed by atoms with Crippen molar-refractivity contribution in [3.05, 3.63) is 28.7 Å². The molecule has 0 radical (unpaired) electrons. The van der Waals surface area contributed by atoms with Crippen molar-refractivity contribution in [1.29, 1.82) is 0 Å². The average Bonchev–Trinajstić information content (AvgIpc) is 2.33. The number of carbonyl (C=O) groups excluding carboxylic acids is 1. The normalized spacial score (nSPS) is 18.1. The van der Waals surface area contributed by atoms with Crippen LogP contribution in [0.1, 0.15) is 0 Å². The Morgan fingerprint density at radius 3 is 2.50 bits per heavy atom. The number of nitrogens with one attached hydrogen (secondary N) is 1. The highest BCUT2D eigenvalue weighted by Crippen LogP contribution is 2.15. The first-order chi connectivity index (χ1) is 8.41. The van der Waals surface area contributed by atoms with E-state index < -0.39 is 10.0 Å². The van der Waals surface area contributed by atoms with Crippen LogP contribution in [-0.2, 0) is 14.8 Å². The second kappa shape index (κ2) is 4.54. The Balaban J connectivity index is 2.29. The number of aromatic nitrogens is 1. The molecule has 1 aliphatic rings. The summed E-state index contributed by atoms with van der Waals surface area (Å²) in [4.78, 5) is 26.2. The van der Waals surface area contributed by atoms with Crippen molar-refractivity contribution < 1.29 is 13.2 Å². The molecule has 1 aromatic heterocycles. The molecule has 1 amide bonds. The van der Waals surface area contributed by atoms with Crippen LogP contribution in [0.25, 0.3) is 0 Å². The quantitative estimate of drug-likeness (QED) is 0.734. The van der Waals surface area contributed by atoms with E-state index in [1.54, 1.807) is 7.05 Å². The van der Waals surface area contributed by atoms with E-state index in [0.29, 0.717) is 6.54 Å². The third-order valence-electron chi connectivity index (χ3n) is 2.82. The lowest BCUT2D eigenvalue weighted by Crippen LogP contribution is -2.50. The van der Waals surface area contributed by atoms with E-state index in [-0.39, 0.29) is 29.5 Å². The molecule has 0 saturated carbocycles. The van der Waals surface area contributed by atoms with Crippen molar-refractivity contribution >= 4 is 15.9 Å². The fourth-order valence-electron chi connectivity index (χ4n) is 1.65. The number of rotatable bonds is 2. The highest BCUT2D eigenvalue weighted by atomic mass is 32.2. The lowest BCUT2D eigenvalue weighted by molar-refractivity contribution is -0.132. The second-order valence-electron chi connectivity index (χ2n) is 4.04. The van der Waals surface area contributed by atoms with Crippen molar-refractivity contribution in [1.82, 2.24) is 14.2 Å². The fourth-order valence-corrected chi connectivity index (χ4v) is 3.00. The predicted octanol–water partition coefficient (Wildman–Crippen LogP) is -1.16. The number of piperazine rings is 1. The molecule has 18 heavy (non-hydrogen) atoms. The van der Waals surface area contributed by atoms with Crippen molar-refractivity contribution in [3.8, 4) is 0 Å². The number of likely N-dealkylation sites (N-methyl/N-ethyl adjacent to an activating group) is 1. The summed E-state index contributed by atoms with van der Waals surface area (Å²) < 4.78 is 25.5. The van der Waals surface area contributed by atoms with Crippen molar-refractivity contribution in [2.24, 2.45) is 0 Å². The van der Waals surface area contributed by atoms with Crippen LogP contribution in [0.15, 0.2) is 28.0 Å². The van der Waals surface area contributed by atoms with Gasteiger partial charge in [0.1, 0.15) is 0 Å². The van der Waals surface area contributed by atoms with E-state index in [2.05, 4.69) is 4.98 Å². The molecule has 0 bridgehead atoms. The van der Waals surface area contributed by atoms with Gasteiger partial charge in [-0.1, -0.05) is 0 Å². The molecule has 1 aliphatic heterocycles. The Labute approximate surface area is 104 Å². The molecular weight excluding hydrogens is 258 g/mol. The third-order valence-corrected chi connectivity index (χ3v) is 4.66. The molecule has 7 nitrogen and oxygen atoms in total. The molecule has 0 aliphatic carbocycles. The zero-order valence-corrected chi connectivity index (χ0v) is 10.6. The number of aromatic amines is 1. The Morgan fingerprint density at radius 1 is 1.22 bits per heavy atom. The van der Waals surface area contributed by atoms with Gasteiger partial charge in [-0.3, -0.25) is 9.59 Å². The van der Waals surface area contributed by atoms with Gasteiger partial charge in [0.2, 0.25) is 21.5 Å². The minimum absolute atomic E-state index is 0.0144. The lowest BCUT2D eigenvalue weighted by atomic mass is 10.4.